The summed E-state index contributed by atoms with van der Waals surface area (Å²) < 4.78 is 10.8. The summed E-state index contributed by atoms with van der Waals surface area (Å²) >= 11 is 6.11. The monoisotopic (exact) mass is 270 g/mol. The number of carbonyl (C=O) groups excluding carboxylic acids is 1. The lowest BCUT2D eigenvalue weighted by Gasteiger charge is -2.17. The van der Waals surface area contributed by atoms with Crippen molar-refractivity contribution in [3.8, 4) is 5.75 Å². The van der Waals surface area contributed by atoms with E-state index in [0.29, 0.717) is 28.5 Å². The van der Waals surface area contributed by atoms with Gasteiger partial charge >= 0.3 is 5.97 Å². The van der Waals surface area contributed by atoms with Gasteiger partial charge in [-0.1, -0.05) is 11.6 Å². The smallest absolute Gasteiger partial charge is 0.342 e. The van der Waals surface area contributed by atoms with E-state index in [1.165, 1.54) is 0 Å². The fourth-order valence-electron chi connectivity index (χ4n) is 1.70. The Morgan fingerprint density at radius 1 is 1.39 bits per heavy atom. The Morgan fingerprint density at radius 2 is 2.00 bits per heavy atom. The van der Waals surface area contributed by atoms with Gasteiger partial charge in [0, 0.05) is 5.02 Å². The van der Waals surface area contributed by atoms with Gasteiger partial charge in [-0.25, -0.2) is 4.79 Å². The van der Waals surface area contributed by atoms with Crippen LogP contribution in [0.25, 0.3) is 0 Å². The molecule has 0 aromatic heterocycles. The van der Waals surface area contributed by atoms with Crippen LogP contribution in [0.1, 0.15) is 42.3 Å². The summed E-state index contributed by atoms with van der Waals surface area (Å²) in [5.74, 6) is 0.168. The van der Waals surface area contributed by atoms with Crippen molar-refractivity contribution >= 4 is 17.6 Å². The summed E-state index contributed by atoms with van der Waals surface area (Å²) in [5.41, 5.74) is 1.95. The molecule has 0 fully saturated rings. The summed E-state index contributed by atoms with van der Waals surface area (Å²) in [6.45, 7) is 9.64. The molecule has 0 bridgehead atoms. The molecule has 4 heteroatoms. The SMILES string of the molecule is CCOc1c(C)cc(Cl)c(C)c1C(=O)OC(C)C. The number of benzene rings is 1. The van der Waals surface area contributed by atoms with Crippen LogP contribution in [0.2, 0.25) is 5.02 Å². The van der Waals surface area contributed by atoms with Gasteiger partial charge in [-0.05, 0) is 51.8 Å². The predicted octanol–water partition coefficient (Wildman–Crippen LogP) is 3.92. The fraction of sp³-hybridized carbons (Fsp3) is 0.500. The number of ether oxygens (including phenoxy) is 2. The normalized spacial score (nSPS) is 10.6. The van der Waals surface area contributed by atoms with Crippen LogP contribution >= 0.6 is 11.6 Å². The number of hydrogen-bond donors (Lipinski definition) is 0. The average molecular weight is 271 g/mol. The number of halogens is 1. The maximum atomic E-state index is 12.1. The number of rotatable bonds is 4. The van der Waals surface area contributed by atoms with E-state index in [9.17, 15) is 4.79 Å². The Balaban J connectivity index is 3.33. The molecule has 1 aromatic rings. The lowest BCUT2D eigenvalue weighted by molar-refractivity contribution is 0.0372. The van der Waals surface area contributed by atoms with Gasteiger partial charge in [0.25, 0.3) is 0 Å². The highest BCUT2D eigenvalue weighted by atomic mass is 35.5. The van der Waals surface area contributed by atoms with Gasteiger partial charge < -0.3 is 9.47 Å². The molecule has 100 valence electrons. The van der Waals surface area contributed by atoms with Crippen molar-refractivity contribution < 1.29 is 14.3 Å². The molecule has 1 rings (SSSR count). The van der Waals surface area contributed by atoms with Gasteiger partial charge in [0.1, 0.15) is 11.3 Å². The van der Waals surface area contributed by atoms with E-state index in [0.717, 1.165) is 5.56 Å². The van der Waals surface area contributed by atoms with E-state index < -0.39 is 5.97 Å². The molecule has 0 aliphatic carbocycles. The third-order valence-corrected chi connectivity index (χ3v) is 2.89. The Hall–Kier alpha value is -1.22. The molecule has 0 aliphatic heterocycles. The Kier molecular flexibility index (Phi) is 5.03. The molecule has 0 saturated heterocycles. The molecule has 0 radical (unpaired) electrons. The van der Waals surface area contributed by atoms with Crippen molar-refractivity contribution in [3.05, 3.63) is 27.8 Å². The van der Waals surface area contributed by atoms with Crippen LogP contribution in [-0.2, 0) is 4.74 Å². The zero-order valence-corrected chi connectivity index (χ0v) is 12.2. The van der Waals surface area contributed by atoms with E-state index in [1.807, 2.05) is 27.7 Å². The first-order chi connectivity index (χ1) is 8.38. The number of carbonyl (C=O) groups is 1. The molecule has 3 nitrogen and oxygen atoms in total. The molecular formula is C14H19ClO3. The topological polar surface area (TPSA) is 35.5 Å². The molecule has 0 atom stereocenters. The summed E-state index contributed by atoms with van der Waals surface area (Å²) in [4.78, 5) is 12.1. The largest absolute Gasteiger partial charge is 0.493 e. The molecule has 1 aromatic carbocycles. The summed E-state index contributed by atoms with van der Waals surface area (Å²) in [5, 5.41) is 0.548. The molecule has 0 N–H and O–H groups in total. The van der Waals surface area contributed by atoms with E-state index in [-0.39, 0.29) is 6.10 Å². The standard InChI is InChI=1S/C14H19ClO3/c1-6-17-13-9(4)7-11(15)10(5)12(13)14(16)18-8(2)3/h7-8H,6H2,1-5H3. The van der Waals surface area contributed by atoms with E-state index in [1.54, 1.807) is 13.0 Å². The van der Waals surface area contributed by atoms with Crippen LogP contribution in [0.4, 0.5) is 0 Å². The van der Waals surface area contributed by atoms with Crippen LogP contribution in [0.15, 0.2) is 6.07 Å². The molecule has 0 unspecified atom stereocenters. The minimum absolute atomic E-state index is 0.175. The lowest BCUT2D eigenvalue weighted by Crippen LogP contribution is -2.15. The number of hydrogen-bond acceptors (Lipinski definition) is 3. The van der Waals surface area contributed by atoms with Crippen LogP contribution < -0.4 is 4.74 Å². The first-order valence-electron chi connectivity index (χ1n) is 6.01. The first-order valence-corrected chi connectivity index (χ1v) is 6.39. The molecule has 0 amide bonds. The van der Waals surface area contributed by atoms with Crippen molar-refractivity contribution in [2.45, 2.75) is 40.7 Å². The van der Waals surface area contributed by atoms with Gasteiger partial charge in [-0.3, -0.25) is 0 Å². The second kappa shape index (κ2) is 6.10. The highest BCUT2D eigenvalue weighted by molar-refractivity contribution is 6.32. The minimum Gasteiger partial charge on any atom is -0.493 e. The van der Waals surface area contributed by atoms with Crippen molar-refractivity contribution in [2.75, 3.05) is 6.61 Å². The molecule has 0 heterocycles. The highest BCUT2D eigenvalue weighted by Gasteiger charge is 2.22. The van der Waals surface area contributed by atoms with Crippen LogP contribution in [-0.4, -0.2) is 18.7 Å². The van der Waals surface area contributed by atoms with Crippen molar-refractivity contribution in [1.82, 2.24) is 0 Å². The van der Waals surface area contributed by atoms with E-state index in [4.69, 9.17) is 21.1 Å². The molecule has 0 spiro atoms. The number of esters is 1. The Labute approximate surface area is 113 Å². The van der Waals surface area contributed by atoms with E-state index >= 15 is 0 Å². The Morgan fingerprint density at radius 3 is 2.50 bits per heavy atom. The van der Waals surface area contributed by atoms with E-state index in [2.05, 4.69) is 0 Å². The maximum absolute atomic E-state index is 12.1. The molecule has 0 saturated carbocycles. The van der Waals surface area contributed by atoms with Crippen LogP contribution in [0, 0.1) is 13.8 Å². The quantitative estimate of drug-likeness (QED) is 0.778. The van der Waals surface area contributed by atoms with Crippen LogP contribution in [0.5, 0.6) is 5.75 Å². The zero-order chi connectivity index (χ0) is 13.9. The zero-order valence-electron chi connectivity index (χ0n) is 11.5. The number of aryl methyl sites for hydroxylation is 1. The third-order valence-electron chi connectivity index (χ3n) is 2.50. The van der Waals surface area contributed by atoms with Crippen LogP contribution in [0.3, 0.4) is 0 Å². The van der Waals surface area contributed by atoms with Gasteiger partial charge in [0.2, 0.25) is 0 Å². The fourth-order valence-corrected chi connectivity index (χ4v) is 1.96. The van der Waals surface area contributed by atoms with Crippen molar-refractivity contribution in [1.29, 1.82) is 0 Å². The molecule has 18 heavy (non-hydrogen) atoms. The first kappa shape index (κ1) is 14.8. The highest BCUT2D eigenvalue weighted by Crippen LogP contribution is 2.33. The summed E-state index contributed by atoms with van der Waals surface area (Å²) in [6, 6.07) is 1.80. The second-order valence-corrected chi connectivity index (χ2v) is 4.80. The minimum atomic E-state index is -0.392. The van der Waals surface area contributed by atoms with Gasteiger partial charge in [-0.2, -0.15) is 0 Å². The van der Waals surface area contributed by atoms with Crippen molar-refractivity contribution in [2.24, 2.45) is 0 Å². The average Bonchev–Trinajstić information content (AvgIpc) is 2.25. The third kappa shape index (κ3) is 3.16. The lowest BCUT2D eigenvalue weighted by atomic mass is 10.0. The second-order valence-electron chi connectivity index (χ2n) is 4.39. The van der Waals surface area contributed by atoms with Gasteiger partial charge in [-0.15, -0.1) is 0 Å². The maximum Gasteiger partial charge on any atom is 0.342 e. The predicted molar refractivity (Wildman–Crippen MR) is 72.6 cm³/mol. The molecular weight excluding hydrogens is 252 g/mol. The Bertz CT molecular complexity index is 453. The summed E-state index contributed by atoms with van der Waals surface area (Å²) in [7, 11) is 0. The molecule has 0 aliphatic rings. The van der Waals surface area contributed by atoms with Gasteiger partial charge in [0.05, 0.1) is 12.7 Å². The van der Waals surface area contributed by atoms with Crippen molar-refractivity contribution in [3.63, 3.8) is 0 Å². The van der Waals surface area contributed by atoms with Gasteiger partial charge in [0.15, 0.2) is 0 Å². The summed E-state index contributed by atoms with van der Waals surface area (Å²) in [6.07, 6.45) is -0.175.